The van der Waals surface area contributed by atoms with E-state index in [0.717, 1.165) is 16.3 Å². The van der Waals surface area contributed by atoms with Gasteiger partial charge in [-0.3, -0.25) is 4.79 Å². The lowest BCUT2D eigenvalue weighted by Gasteiger charge is -2.07. The monoisotopic (exact) mass is 247 g/mol. The first-order valence-electron chi connectivity index (χ1n) is 5.16. The Bertz CT molecular complexity index is 563. The Kier molecular flexibility index (Phi) is 3.10. The first-order chi connectivity index (χ1) is 8.06. The Labute approximate surface area is 103 Å². The summed E-state index contributed by atoms with van der Waals surface area (Å²) in [6.07, 6.45) is 1.58. The van der Waals surface area contributed by atoms with Gasteiger partial charge in [-0.2, -0.15) is 0 Å². The van der Waals surface area contributed by atoms with Crippen LogP contribution in [-0.2, 0) is 0 Å². The van der Waals surface area contributed by atoms with Crippen LogP contribution in [0.4, 0.5) is 11.4 Å². The minimum absolute atomic E-state index is 0.149. The fraction of sp³-hybridized carbons (Fsp3) is 0.167. The third kappa shape index (κ3) is 2.62. The van der Waals surface area contributed by atoms with E-state index in [1.165, 1.54) is 11.3 Å². The molecule has 5 heteroatoms. The van der Waals surface area contributed by atoms with E-state index in [9.17, 15) is 4.79 Å². The van der Waals surface area contributed by atoms with Crippen LogP contribution in [0.3, 0.4) is 0 Å². The molecule has 4 nitrogen and oxygen atoms in total. The Morgan fingerprint density at radius 2 is 2.18 bits per heavy atom. The van der Waals surface area contributed by atoms with Crippen LogP contribution in [0.5, 0.6) is 0 Å². The molecule has 3 N–H and O–H groups in total. The predicted molar refractivity (Wildman–Crippen MR) is 70.4 cm³/mol. The first-order valence-corrected chi connectivity index (χ1v) is 5.98. The van der Waals surface area contributed by atoms with Crippen molar-refractivity contribution in [3.05, 3.63) is 39.8 Å². The third-order valence-electron chi connectivity index (χ3n) is 2.35. The van der Waals surface area contributed by atoms with Crippen LogP contribution in [0, 0.1) is 13.8 Å². The van der Waals surface area contributed by atoms with Gasteiger partial charge in [-0.1, -0.05) is 6.07 Å². The van der Waals surface area contributed by atoms with Gasteiger partial charge in [0.05, 0.1) is 11.2 Å². The van der Waals surface area contributed by atoms with E-state index in [-0.39, 0.29) is 5.91 Å². The van der Waals surface area contributed by atoms with Crippen LogP contribution >= 0.6 is 11.3 Å². The van der Waals surface area contributed by atoms with E-state index in [1.54, 1.807) is 12.3 Å². The van der Waals surface area contributed by atoms with Crippen molar-refractivity contribution in [2.45, 2.75) is 13.8 Å². The number of amides is 1. The van der Waals surface area contributed by atoms with Gasteiger partial charge in [-0.15, -0.1) is 11.3 Å². The number of nitrogens with two attached hydrogens (primary N) is 1. The first kappa shape index (κ1) is 11.6. The zero-order chi connectivity index (χ0) is 12.4. The van der Waals surface area contributed by atoms with Gasteiger partial charge in [-0.25, -0.2) is 4.98 Å². The van der Waals surface area contributed by atoms with Gasteiger partial charge in [0.2, 0.25) is 0 Å². The van der Waals surface area contributed by atoms with Gasteiger partial charge >= 0.3 is 0 Å². The number of carbonyl (C=O) groups excluding carboxylic acids is 1. The molecule has 2 rings (SSSR count). The lowest BCUT2D eigenvalue weighted by atomic mass is 10.2. The molecule has 2 aromatic rings. The molecule has 0 atom stereocenters. The number of anilines is 2. The summed E-state index contributed by atoms with van der Waals surface area (Å²) in [5.74, 6) is -0.149. The summed E-state index contributed by atoms with van der Waals surface area (Å²) in [5.41, 5.74) is 8.03. The molecule has 0 fully saturated rings. The summed E-state index contributed by atoms with van der Waals surface area (Å²) < 4.78 is 0. The molecule has 88 valence electrons. The average Bonchev–Trinajstić information content (AvgIpc) is 2.70. The molecule has 0 aliphatic heterocycles. The molecule has 0 spiro atoms. The Morgan fingerprint density at radius 3 is 2.82 bits per heavy atom. The minimum Gasteiger partial charge on any atom is -0.399 e. The molecular weight excluding hydrogens is 234 g/mol. The van der Waals surface area contributed by atoms with Crippen LogP contribution in [0.15, 0.2) is 24.4 Å². The second-order valence-corrected chi connectivity index (χ2v) is 5.01. The Balaban J connectivity index is 2.21. The highest BCUT2D eigenvalue weighted by Crippen LogP contribution is 2.20. The molecule has 0 bridgehead atoms. The van der Waals surface area contributed by atoms with Gasteiger partial charge in [-0.05, 0) is 31.5 Å². The maximum atomic E-state index is 11.9. The average molecular weight is 247 g/mol. The summed E-state index contributed by atoms with van der Waals surface area (Å²) in [7, 11) is 0. The SMILES string of the molecule is Cc1ncc(C(=O)Nc2cc(N)ccc2C)s1. The molecule has 1 heterocycles. The van der Waals surface area contributed by atoms with Gasteiger partial charge in [0.1, 0.15) is 4.88 Å². The molecule has 0 aliphatic rings. The van der Waals surface area contributed by atoms with Crippen molar-refractivity contribution in [1.29, 1.82) is 0 Å². The predicted octanol–water partition coefficient (Wildman–Crippen LogP) is 2.59. The van der Waals surface area contributed by atoms with Crippen molar-refractivity contribution in [2.24, 2.45) is 0 Å². The number of carbonyl (C=O) groups is 1. The number of benzene rings is 1. The maximum Gasteiger partial charge on any atom is 0.267 e. The van der Waals surface area contributed by atoms with Crippen LogP contribution in [0.25, 0.3) is 0 Å². The highest BCUT2D eigenvalue weighted by molar-refractivity contribution is 7.13. The summed E-state index contributed by atoms with van der Waals surface area (Å²) in [4.78, 5) is 16.6. The lowest BCUT2D eigenvalue weighted by molar-refractivity contribution is 0.103. The molecule has 17 heavy (non-hydrogen) atoms. The van der Waals surface area contributed by atoms with Crippen LogP contribution < -0.4 is 11.1 Å². The van der Waals surface area contributed by atoms with Gasteiger partial charge < -0.3 is 11.1 Å². The number of hydrogen-bond acceptors (Lipinski definition) is 4. The van der Waals surface area contributed by atoms with Crippen molar-refractivity contribution >= 4 is 28.6 Å². The largest absolute Gasteiger partial charge is 0.399 e. The fourth-order valence-electron chi connectivity index (χ4n) is 1.42. The summed E-state index contributed by atoms with van der Waals surface area (Å²) >= 11 is 1.37. The van der Waals surface area contributed by atoms with Gasteiger partial charge in [0, 0.05) is 11.4 Å². The second-order valence-electron chi connectivity index (χ2n) is 3.77. The van der Waals surface area contributed by atoms with E-state index in [1.807, 2.05) is 26.0 Å². The zero-order valence-electron chi connectivity index (χ0n) is 9.65. The quantitative estimate of drug-likeness (QED) is 0.801. The molecular formula is C12H13N3OS. The van der Waals surface area contributed by atoms with E-state index < -0.39 is 0 Å². The molecule has 0 radical (unpaired) electrons. The van der Waals surface area contributed by atoms with E-state index in [4.69, 9.17) is 5.73 Å². The Morgan fingerprint density at radius 1 is 1.41 bits per heavy atom. The summed E-state index contributed by atoms with van der Waals surface area (Å²) in [6, 6.07) is 5.44. The van der Waals surface area contributed by atoms with E-state index in [0.29, 0.717) is 10.6 Å². The molecule has 1 aromatic heterocycles. The smallest absolute Gasteiger partial charge is 0.267 e. The molecule has 0 saturated carbocycles. The van der Waals surface area contributed by atoms with Gasteiger partial charge in [0.25, 0.3) is 5.91 Å². The standard InChI is InChI=1S/C12H13N3OS/c1-7-3-4-9(13)5-10(7)15-12(16)11-6-14-8(2)17-11/h3-6H,13H2,1-2H3,(H,15,16). The minimum atomic E-state index is -0.149. The maximum absolute atomic E-state index is 11.9. The topological polar surface area (TPSA) is 68.0 Å². The highest BCUT2D eigenvalue weighted by atomic mass is 32.1. The number of nitrogen functional groups attached to an aromatic ring is 1. The number of thiazole rings is 1. The number of rotatable bonds is 2. The summed E-state index contributed by atoms with van der Waals surface area (Å²) in [5, 5.41) is 3.71. The zero-order valence-corrected chi connectivity index (χ0v) is 10.5. The lowest BCUT2D eigenvalue weighted by Crippen LogP contribution is -2.11. The molecule has 0 aliphatic carbocycles. The van der Waals surface area contributed by atoms with E-state index >= 15 is 0 Å². The molecule has 0 saturated heterocycles. The van der Waals surface area contributed by atoms with Crippen molar-refractivity contribution in [3.63, 3.8) is 0 Å². The van der Waals surface area contributed by atoms with Crippen LogP contribution in [-0.4, -0.2) is 10.9 Å². The number of nitrogens with zero attached hydrogens (tertiary/aromatic N) is 1. The number of aromatic nitrogens is 1. The molecule has 1 amide bonds. The second kappa shape index (κ2) is 4.55. The van der Waals surface area contributed by atoms with Crippen molar-refractivity contribution in [2.75, 3.05) is 11.1 Å². The molecule has 1 aromatic carbocycles. The third-order valence-corrected chi connectivity index (χ3v) is 3.27. The number of aryl methyl sites for hydroxylation is 2. The van der Waals surface area contributed by atoms with Crippen molar-refractivity contribution in [3.8, 4) is 0 Å². The molecule has 0 unspecified atom stereocenters. The number of hydrogen-bond donors (Lipinski definition) is 2. The normalized spacial score (nSPS) is 10.2. The van der Waals surface area contributed by atoms with Crippen LogP contribution in [0.1, 0.15) is 20.2 Å². The van der Waals surface area contributed by atoms with Crippen molar-refractivity contribution < 1.29 is 4.79 Å². The van der Waals surface area contributed by atoms with Crippen molar-refractivity contribution in [1.82, 2.24) is 4.98 Å². The fourth-order valence-corrected chi connectivity index (χ4v) is 2.10. The number of nitrogens with one attached hydrogen (secondary N) is 1. The summed E-state index contributed by atoms with van der Waals surface area (Å²) in [6.45, 7) is 3.79. The van der Waals surface area contributed by atoms with Gasteiger partial charge in [0.15, 0.2) is 0 Å². The van der Waals surface area contributed by atoms with E-state index in [2.05, 4.69) is 10.3 Å². The Hall–Kier alpha value is -1.88. The highest BCUT2D eigenvalue weighted by Gasteiger charge is 2.10. The van der Waals surface area contributed by atoms with Crippen LogP contribution in [0.2, 0.25) is 0 Å².